The fourth-order valence-corrected chi connectivity index (χ4v) is 6.53. The van der Waals surface area contributed by atoms with Gasteiger partial charge in [-0.05, 0) is 55.7 Å². The quantitative estimate of drug-likeness (QED) is 0.389. The highest BCUT2D eigenvalue weighted by molar-refractivity contribution is 7.89. The number of furan rings is 1. The zero-order valence-corrected chi connectivity index (χ0v) is 21.6. The van der Waals surface area contributed by atoms with E-state index in [-0.39, 0.29) is 10.9 Å². The van der Waals surface area contributed by atoms with Crippen molar-refractivity contribution in [2.75, 3.05) is 26.3 Å². The lowest BCUT2D eigenvalue weighted by Crippen LogP contribution is -2.40. The minimum atomic E-state index is -3.52. The van der Waals surface area contributed by atoms with Crippen LogP contribution in [0.3, 0.4) is 0 Å². The molecule has 184 valence electrons. The summed E-state index contributed by atoms with van der Waals surface area (Å²) in [4.78, 5) is 6.03. The Hall–Kier alpha value is -2.20. The predicted molar refractivity (Wildman–Crippen MR) is 135 cm³/mol. The van der Waals surface area contributed by atoms with Crippen LogP contribution in [0.4, 0.5) is 5.69 Å². The average molecular weight is 504 g/mol. The van der Waals surface area contributed by atoms with Crippen LogP contribution in [0.15, 0.2) is 62.3 Å². The zero-order chi connectivity index (χ0) is 24.1. The van der Waals surface area contributed by atoms with E-state index >= 15 is 0 Å². The third-order valence-electron chi connectivity index (χ3n) is 6.03. The maximum absolute atomic E-state index is 12.9. The van der Waals surface area contributed by atoms with Gasteiger partial charge in [-0.3, -0.25) is 0 Å². The number of sulfonamides is 1. The van der Waals surface area contributed by atoms with Gasteiger partial charge in [0.15, 0.2) is 10.6 Å². The van der Waals surface area contributed by atoms with E-state index in [9.17, 15) is 8.42 Å². The third-order valence-corrected chi connectivity index (χ3v) is 8.78. The number of thiazole rings is 1. The molecule has 0 spiro atoms. The van der Waals surface area contributed by atoms with Crippen molar-refractivity contribution >= 4 is 27.0 Å². The molecule has 1 aliphatic heterocycles. The molecule has 0 aliphatic carbocycles. The third kappa shape index (κ3) is 5.71. The number of aromatic nitrogens is 1. The molecule has 0 bridgehead atoms. The van der Waals surface area contributed by atoms with Crippen LogP contribution < -0.4 is 4.80 Å². The zero-order valence-electron chi connectivity index (χ0n) is 20.0. The minimum absolute atomic E-state index is 0.254. The Labute approximate surface area is 205 Å². The molecule has 3 aromatic rings. The molecular weight excluding hydrogens is 470 g/mol. The molecule has 1 aliphatic rings. The molecule has 0 saturated carbocycles. The van der Waals surface area contributed by atoms with Gasteiger partial charge in [0, 0.05) is 24.5 Å². The number of morpholine rings is 1. The van der Waals surface area contributed by atoms with E-state index in [1.807, 2.05) is 12.1 Å². The van der Waals surface area contributed by atoms with E-state index in [1.165, 1.54) is 10.7 Å². The van der Waals surface area contributed by atoms with Crippen LogP contribution in [0, 0.1) is 5.92 Å². The second kappa shape index (κ2) is 11.0. The molecule has 34 heavy (non-hydrogen) atoms. The molecular formula is C25H33N3O4S2. The van der Waals surface area contributed by atoms with Crippen molar-refractivity contribution in [1.29, 1.82) is 0 Å². The summed E-state index contributed by atoms with van der Waals surface area (Å²) in [6.45, 7) is 8.34. The van der Waals surface area contributed by atoms with Gasteiger partial charge in [0.2, 0.25) is 10.0 Å². The lowest BCUT2D eigenvalue weighted by molar-refractivity contribution is 0.0730. The molecule has 1 atom stereocenters. The standard InChI is InChI=1S/C25H33N3O4S2/c1-19(2)6-4-7-20(3)28-23(24-8-5-15-32-24)18-33-25(28)26-21-9-11-22(12-10-21)34(29,30)27-13-16-31-17-14-27/h5,8-12,15,18-20H,4,6-7,13-14,16-17H2,1-3H3. The predicted octanol–water partition coefficient (Wildman–Crippen LogP) is 5.45. The van der Waals surface area contributed by atoms with Gasteiger partial charge in [-0.25, -0.2) is 13.4 Å². The fourth-order valence-electron chi connectivity index (χ4n) is 4.12. The van der Waals surface area contributed by atoms with Crippen LogP contribution in [0.1, 0.15) is 46.1 Å². The lowest BCUT2D eigenvalue weighted by atomic mass is 10.0. The molecule has 3 heterocycles. The molecule has 9 heteroatoms. The van der Waals surface area contributed by atoms with Crippen molar-refractivity contribution in [3.8, 4) is 11.5 Å². The summed E-state index contributed by atoms with van der Waals surface area (Å²) < 4.78 is 40.5. The molecule has 1 aromatic carbocycles. The van der Waals surface area contributed by atoms with E-state index in [0.717, 1.165) is 34.8 Å². The van der Waals surface area contributed by atoms with Gasteiger partial charge < -0.3 is 13.7 Å². The van der Waals surface area contributed by atoms with Crippen molar-refractivity contribution < 1.29 is 17.6 Å². The van der Waals surface area contributed by atoms with E-state index in [1.54, 1.807) is 41.9 Å². The van der Waals surface area contributed by atoms with Gasteiger partial charge in [0.05, 0.1) is 35.8 Å². The van der Waals surface area contributed by atoms with Gasteiger partial charge in [-0.1, -0.05) is 26.7 Å². The minimum Gasteiger partial charge on any atom is -0.463 e. The highest BCUT2D eigenvalue weighted by Crippen LogP contribution is 2.27. The summed E-state index contributed by atoms with van der Waals surface area (Å²) in [5.41, 5.74) is 1.73. The fraction of sp³-hybridized carbons (Fsp3) is 0.480. The van der Waals surface area contributed by atoms with E-state index in [0.29, 0.717) is 32.2 Å². The first kappa shape index (κ1) is 24.9. The van der Waals surface area contributed by atoms with Crippen LogP contribution in [-0.4, -0.2) is 43.6 Å². The summed E-state index contributed by atoms with van der Waals surface area (Å²) in [6.07, 6.45) is 5.07. The number of nitrogens with zero attached hydrogens (tertiary/aromatic N) is 3. The van der Waals surface area contributed by atoms with Crippen molar-refractivity contribution in [2.45, 2.75) is 51.0 Å². The van der Waals surface area contributed by atoms with E-state index < -0.39 is 10.0 Å². The van der Waals surface area contributed by atoms with Crippen LogP contribution in [0.25, 0.3) is 11.5 Å². The maximum Gasteiger partial charge on any atom is 0.243 e. The van der Waals surface area contributed by atoms with E-state index in [2.05, 4.69) is 30.7 Å². The Kier molecular flexibility index (Phi) is 8.08. The summed E-state index contributed by atoms with van der Waals surface area (Å²) in [6, 6.07) is 10.9. The highest BCUT2D eigenvalue weighted by Gasteiger charge is 2.26. The molecule has 7 nitrogen and oxygen atoms in total. The Balaban J connectivity index is 1.63. The normalized spacial score (nSPS) is 16.9. The highest BCUT2D eigenvalue weighted by atomic mass is 32.2. The van der Waals surface area contributed by atoms with Crippen molar-refractivity contribution in [3.63, 3.8) is 0 Å². The number of ether oxygens (including phenoxy) is 1. The summed E-state index contributed by atoms with van der Waals surface area (Å²) in [5, 5.41) is 2.08. The van der Waals surface area contributed by atoms with Crippen LogP contribution in [0.5, 0.6) is 0 Å². The Morgan fingerprint density at radius 2 is 1.79 bits per heavy atom. The van der Waals surface area contributed by atoms with Crippen molar-refractivity contribution in [2.24, 2.45) is 10.9 Å². The van der Waals surface area contributed by atoms with Gasteiger partial charge in [-0.2, -0.15) is 4.31 Å². The van der Waals surface area contributed by atoms with Crippen molar-refractivity contribution in [3.05, 3.63) is 52.8 Å². The second-order valence-electron chi connectivity index (χ2n) is 9.05. The molecule has 1 unspecified atom stereocenters. The first-order valence-electron chi connectivity index (χ1n) is 11.8. The molecule has 2 aromatic heterocycles. The van der Waals surface area contributed by atoms with Gasteiger partial charge in [0.25, 0.3) is 0 Å². The first-order chi connectivity index (χ1) is 16.4. The smallest absolute Gasteiger partial charge is 0.243 e. The molecule has 1 saturated heterocycles. The Morgan fingerprint density at radius 3 is 2.44 bits per heavy atom. The maximum atomic E-state index is 12.9. The summed E-state index contributed by atoms with van der Waals surface area (Å²) >= 11 is 1.57. The molecule has 1 fully saturated rings. The number of hydrogen-bond acceptors (Lipinski definition) is 6. The largest absolute Gasteiger partial charge is 0.463 e. The lowest BCUT2D eigenvalue weighted by Gasteiger charge is -2.26. The molecule has 0 amide bonds. The van der Waals surface area contributed by atoms with E-state index in [4.69, 9.17) is 14.1 Å². The van der Waals surface area contributed by atoms with Gasteiger partial charge in [-0.15, -0.1) is 11.3 Å². The Morgan fingerprint density at radius 1 is 1.06 bits per heavy atom. The Bertz CT molecular complexity index is 1220. The SMILES string of the molecule is CC(C)CCCC(C)n1c(-c2ccco2)csc1=Nc1ccc(S(=O)(=O)N2CCOCC2)cc1. The molecule has 0 radical (unpaired) electrons. The van der Waals surface area contributed by atoms with Crippen LogP contribution in [-0.2, 0) is 14.8 Å². The molecule has 4 rings (SSSR count). The monoisotopic (exact) mass is 503 g/mol. The number of benzene rings is 1. The average Bonchev–Trinajstić information content (AvgIpc) is 3.50. The number of rotatable bonds is 9. The first-order valence-corrected chi connectivity index (χ1v) is 14.1. The molecule has 0 N–H and O–H groups in total. The second-order valence-corrected chi connectivity index (χ2v) is 11.8. The summed E-state index contributed by atoms with van der Waals surface area (Å²) in [7, 11) is -3.52. The van der Waals surface area contributed by atoms with Crippen molar-refractivity contribution in [1.82, 2.24) is 8.87 Å². The van der Waals surface area contributed by atoms with Crippen LogP contribution in [0.2, 0.25) is 0 Å². The van der Waals surface area contributed by atoms with Gasteiger partial charge >= 0.3 is 0 Å². The topological polar surface area (TPSA) is 77.0 Å². The summed E-state index contributed by atoms with van der Waals surface area (Å²) in [5.74, 6) is 1.50. The van der Waals surface area contributed by atoms with Gasteiger partial charge in [0.1, 0.15) is 0 Å². The van der Waals surface area contributed by atoms with Crippen LogP contribution >= 0.6 is 11.3 Å². The number of hydrogen-bond donors (Lipinski definition) is 0.